The number of carbonyl (C=O) groups is 1. The first-order valence-corrected chi connectivity index (χ1v) is 6.54. The number of nitrogens with one attached hydrogen (secondary N) is 1. The summed E-state index contributed by atoms with van der Waals surface area (Å²) in [5, 5.41) is 3.50. The summed E-state index contributed by atoms with van der Waals surface area (Å²) in [6, 6.07) is 8.17. The summed E-state index contributed by atoms with van der Waals surface area (Å²) < 4.78 is 0. The molecule has 0 radical (unpaired) electrons. The van der Waals surface area contributed by atoms with Gasteiger partial charge in [0.1, 0.15) is 0 Å². The molecule has 0 aliphatic carbocycles. The Bertz CT molecular complexity index is 382. The molecule has 1 atom stereocenters. The number of rotatable bonds is 5. The minimum atomic E-state index is 0.0393. The third kappa shape index (κ3) is 3.76. The third-order valence-electron chi connectivity index (χ3n) is 3.13. The molecule has 0 aliphatic heterocycles. The molecule has 0 saturated carbocycles. The van der Waals surface area contributed by atoms with Crippen molar-refractivity contribution in [3.05, 3.63) is 29.8 Å². The van der Waals surface area contributed by atoms with Crippen LogP contribution in [0.2, 0.25) is 0 Å². The Hall–Kier alpha value is -1.51. The fourth-order valence-electron chi connectivity index (χ4n) is 1.92. The van der Waals surface area contributed by atoms with Crippen LogP contribution in [0, 0.1) is 5.92 Å². The van der Waals surface area contributed by atoms with Gasteiger partial charge in [-0.3, -0.25) is 4.79 Å². The van der Waals surface area contributed by atoms with Crippen LogP contribution >= 0.6 is 0 Å². The van der Waals surface area contributed by atoms with Crippen molar-refractivity contribution in [2.45, 2.75) is 33.2 Å². The topological polar surface area (TPSA) is 32.3 Å². The zero-order valence-electron chi connectivity index (χ0n) is 12.0. The number of anilines is 1. The second-order valence-corrected chi connectivity index (χ2v) is 5.18. The molecule has 0 heterocycles. The number of benzene rings is 1. The van der Waals surface area contributed by atoms with Gasteiger partial charge in [0.05, 0.1) is 0 Å². The molecule has 1 unspecified atom stereocenters. The van der Waals surface area contributed by atoms with E-state index in [2.05, 4.69) is 26.1 Å². The van der Waals surface area contributed by atoms with Gasteiger partial charge in [-0.2, -0.15) is 0 Å². The molecule has 0 bridgehead atoms. The van der Waals surface area contributed by atoms with Crippen LogP contribution in [0.4, 0.5) is 5.69 Å². The number of hydrogen-bond donors (Lipinski definition) is 1. The molecule has 1 aromatic carbocycles. The van der Waals surface area contributed by atoms with Crippen molar-refractivity contribution in [1.29, 1.82) is 0 Å². The molecular weight excluding hydrogens is 224 g/mol. The van der Waals surface area contributed by atoms with Gasteiger partial charge in [0, 0.05) is 31.4 Å². The molecule has 18 heavy (non-hydrogen) atoms. The molecule has 0 aromatic heterocycles. The number of hydrogen-bond acceptors (Lipinski definition) is 2. The average molecular weight is 248 g/mol. The standard InChI is InChI=1S/C15H24N2O/c1-6-14(11(2)3)16-13-9-7-12(8-10-13)15(18)17(4)5/h7-11,14,16H,6H2,1-5H3. The zero-order valence-corrected chi connectivity index (χ0v) is 12.0. The van der Waals surface area contributed by atoms with E-state index in [0.29, 0.717) is 12.0 Å². The molecule has 1 rings (SSSR count). The lowest BCUT2D eigenvalue weighted by molar-refractivity contribution is 0.0827. The van der Waals surface area contributed by atoms with Crippen LogP contribution in [0.3, 0.4) is 0 Å². The molecule has 1 N–H and O–H groups in total. The van der Waals surface area contributed by atoms with Gasteiger partial charge in [0.25, 0.3) is 5.91 Å². The van der Waals surface area contributed by atoms with E-state index in [-0.39, 0.29) is 5.91 Å². The lowest BCUT2D eigenvalue weighted by Crippen LogP contribution is -2.25. The van der Waals surface area contributed by atoms with E-state index in [4.69, 9.17) is 0 Å². The molecule has 0 saturated heterocycles. The van der Waals surface area contributed by atoms with Gasteiger partial charge in [-0.1, -0.05) is 20.8 Å². The minimum absolute atomic E-state index is 0.0393. The average Bonchev–Trinajstić information content (AvgIpc) is 2.35. The monoisotopic (exact) mass is 248 g/mol. The van der Waals surface area contributed by atoms with Crippen LogP contribution in [0.15, 0.2) is 24.3 Å². The summed E-state index contributed by atoms with van der Waals surface area (Å²) in [6.45, 7) is 6.61. The van der Waals surface area contributed by atoms with Crippen molar-refractivity contribution in [2.75, 3.05) is 19.4 Å². The zero-order chi connectivity index (χ0) is 13.7. The predicted octanol–water partition coefficient (Wildman–Crippen LogP) is 3.23. The summed E-state index contributed by atoms with van der Waals surface area (Å²) >= 11 is 0. The fourth-order valence-corrected chi connectivity index (χ4v) is 1.92. The van der Waals surface area contributed by atoms with Crippen LogP contribution < -0.4 is 5.32 Å². The maximum Gasteiger partial charge on any atom is 0.253 e. The lowest BCUT2D eigenvalue weighted by atomic mass is 10.0. The van der Waals surface area contributed by atoms with E-state index in [1.54, 1.807) is 19.0 Å². The molecule has 0 fully saturated rings. The van der Waals surface area contributed by atoms with E-state index in [0.717, 1.165) is 17.7 Å². The third-order valence-corrected chi connectivity index (χ3v) is 3.13. The highest BCUT2D eigenvalue weighted by Gasteiger charge is 2.11. The summed E-state index contributed by atoms with van der Waals surface area (Å²) in [5.41, 5.74) is 1.80. The highest BCUT2D eigenvalue weighted by molar-refractivity contribution is 5.94. The van der Waals surface area contributed by atoms with E-state index >= 15 is 0 Å². The van der Waals surface area contributed by atoms with Crippen LogP contribution in [0.1, 0.15) is 37.6 Å². The second kappa shape index (κ2) is 6.43. The van der Waals surface area contributed by atoms with Gasteiger partial charge in [-0.25, -0.2) is 0 Å². The van der Waals surface area contributed by atoms with Crippen molar-refractivity contribution in [2.24, 2.45) is 5.92 Å². The number of carbonyl (C=O) groups excluding carboxylic acids is 1. The first-order valence-electron chi connectivity index (χ1n) is 6.54. The maximum atomic E-state index is 11.7. The lowest BCUT2D eigenvalue weighted by Gasteiger charge is -2.22. The van der Waals surface area contributed by atoms with Gasteiger partial charge >= 0.3 is 0 Å². The normalized spacial score (nSPS) is 12.3. The van der Waals surface area contributed by atoms with Crippen molar-refractivity contribution in [3.63, 3.8) is 0 Å². The Morgan fingerprint density at radius 3 is 2.17 bits per heavy atom. The van der Waals surface area contributed by atoms with Crippen LogP contribution in [0.5, 0.6) is 0 Å². The maximum absolute atomic E-state index is 11.7. The highest BCUT2D eigenvalue weighted by atomic mass is 16.2. The quantitative estimate of drug-likeness (QED) is 0.867. The van der Waals surface area contributed by atoms with Gasteiger partial charge in [0.2, 0.25) is 0 Å². The van der Waals surface area contributed by atoms with E-state index in [9.17, 15) is 4.79 Å². The molecule has 1 aromatic rings. The van der Waals surface area contributed by atoms with Crippen molar-refractivity contribution in [1.82, 2.24) is 4.90 Å². The largest absolute Gasteiger partial charge is 0.382 e. The number of nitrogens with zero attached hydrogens (tertiary/aromatic N) is 1. The van der Waals surface area contributed by atoms with E-state index in [1.165, 1.54) is 0 Å². The van der Waals surface area contributed by atoms with Gasteiger partial charge in [0.15, 0.2) is 0 Å². The van der Waals surface area contributed by atoms with Crippen LogP contribution in [-0.2, 0) is 0 Å². The fraction of sp³-hybridized carbons (Fsp3) is 0.533. The summed E-state index contributed by atoms with van der Waals surface area (Å²) in [4.78, 5) is 13.3. The van der Waals surface area contributed by atoms with Gasteiger partial charge in [-0.15, -0.1) is 0 Å². The van der Waals surface area contributed by atoms with Crippen LogP contribution in [0.25, 0.3) is 0 Å². The Morgan fingerprint density at radius 2 is 1.78 bits per heavy atom. The van der Waals surface area contributed by atoms with E-state index in [1.807, 2.05) is 24.3 Å². The second-order valence-electron chi connectivity index (χ2n) is 5.18. The molecule has 3 heteroatoms. The Balaban J connectivity index is 2.74. The molecule has 0 aliphatic rings. The summed E-state index contributed by atoms with van der Waals surface area (Å²) in [7, 11) is 3.53. The molecule has 0 spiro atoms. The molecular formula is C15H24N2O. The van der Waals surface area contributed by atoms with Crippen LogP contribution in [-0.4, -0.2) is 30.9 Å². The van der Waals surface area contributed by atoms with Crippen molar-refractivity contribution < 1.29 is 4.79 Å². The summed E-state index contributed by atoms with van der Waals surface area (Å²) in [6.07, 6.45) is 1.09. The molecule has 3 nitrogen and oxygen atoms in total. The number of amides is 1. The van der Waals surface area contributed by atoms with Gasteiger partial charge < -0.3 is 10.2 Å². The smallest absolute Gasteiger partial charge is 0.253 e. The summed E-state index contributed by atoms with van der Waals surface area (Å²) in [5.74, 6) is 0.635. The van der Waals surface area contributed by atoms with Gasteiger partial charge in [-0.05, 0) is 36.6 Å². The van der Waals surface area contributed by atoms with Crippen molar-refractivity contribution in [3.8, 4) is 0 Å². The molecule has 1 amide bonds. The first kappa shape index (κ1) is 14.6. The van der Waals surface area contributed by atoms with Crippen molar-refractivity contribution >= 4 is 11.6 Å². The first-order chi connectivity index (χ1) is 8.45. The highest BCUT2D eigenvalue weighted by Crippen LogP contribution is 2.16. The SMILES string of the molecule is CCC(Nc1ccc(C(=O)N(C)C)cc1)C(C)C. The Labute approximate surface area is 110 Å². The Kier molecular flexibility index (Phi) is 5.20. The Morgan fingerprint density at radius 1 is 1.22 bits per heavy atom. The van der Waals surface area contributed by atoms with E-state index < -0.39 is 0 Å². The molecule has 100 valence electrons. The minimum Gasteiger partial charge on any atom is -0.382 e. The predicted molar refractivity (Wildman–Crippen MR) is 77.0 cm³/mol.